The summed E-state index contributed by atoms with van der Waals surface area (Å²) in [4.78, 5) is 27.3. The van der Waals surface area contributed by atoms with E-state index in [0.717, 1.165) is 21.6 Å². The summed E-state index contributed by atoms with van der Waals surface area (Å²) in [6, 6.07) is -1.11. The molecule has 0 saturated carbocycles. The minimum atomic E-state index is -4.47. The van der Waals surface area contributed by atoms with E-state index >= 15 is 0 Å². The molecule has 104 valence electrons. The number of alkyl halides is 3. The smallest absolute Gasteiger partial charge is 0.326 e. The molecule has 1 aromatic rings. The normalized spacial score (nSPS) is 20.0. The number of carbonyl (C=O) groups excluding carboxylic acids is 2. The van der Waals surface area contributed by atoms with Crippen molar-refractivity contribution in [2.24, 2.45) is 0 Å². The summed E-state index contributed by atoms with van der Waals surface area (Å²) in [5.41, 5.74) is -0.946. The van der Waals surface area contributed by atoms with Gasteiger partial charge in [-0.05, 0) is 6.92 Å². The number of urea groups is 1. The highest BCUT2D eigenvalue weighted by Crippen LogP contribution is 2.30. The van der Waals surface area contributed by atoms with E-state index < -0.39 is 23.9 Å². The van der Waals surface area contributed by atoms with Crippen LogP contribution in [0.2, 0.25) is 0 Å². The lowest BCUT2D eigenvalue weighted by Crippen LogP contribution is -2.33. The monoisotopic (exact) mass is 293 g/mol. The summed E-state index contributed by atoms with van der Waals surface area (Å²) in [7, 11) is 0. The SMILES string of the molecule is C[C@H]1NC(=O)N(CCc2nc(C(F)(F)F)cs2)C1=O. The van der Waals surface area contributed by atoms with Crippen molar-refractivity contribution in [1.29, 1.82) is 0 Å². The van der Waals surface area contributed by atoms with Gasteiger partial charge in [-0.1, -0.05) is 0 Å². The quantitative estimate of drug-likeness (QED) is 0.862. The number of hydrogen-bond donors (Lipinski definition) is 1. The molecule has 0 unspecified atom stereocenters. The molecule has 5 nitrogen and oxygen atoms in total. The van der Waals surface area contributed by atoms with E-state index in [0.29, 0.717) is 0 Å². The lowest BCUT2D eigenvalue weighted by molar-refractivity contribution is -0.140. The minimum Gasteiger partial charge on any atom is -0.326 e. The van der Waals surface area contributed by atoms with Crippen molar-refractivity contribution in [3.63, 3.8) is 0 Å². The summed E-state index contributed by atoms with van der Waals surface area (Å²) in [5, 5.41) is 3.59. The summed E-state index contributed by atoms with van der Waals surface area (Å²) in [5.74, 6) is -0.377. The Balaban J connectivity index is 1.98. The molecule has 1 saturated heterocycles. The first kappa shape index (κ1) is 13.8. The van der Waals surface area contributed by atoms with Crippen LogP contribution in [0.25, 0.3) is 0 Å². The van der Waals surface area contributed by atoms with Crippen LogP contribution >= 0.6 is 11.3 Å². The number of halogens is 3. The van der Waals surface area contributed by atoms with E-state index in [1.165, 1.54) is 0 Å². The first-order valence-electron chi connectivity index (χ1n) is 5.42. The van der Waals surface area contributed by atoms with Crippen molar-refractivity contribution < 1.29 is 22.8 Å². The van der Waals surface area contributed by atoms with Gasteiger partial charge in [0, 0.05) is 18.3 Å². The fourth-order valence-electron chi connectivity index (χ4n) is 1.63. The molecule has 1 aromatic heterocycles. The van der Waals surface area contributed by atoms with Crippen LogP contribution in [0.1, 0.15) is 17.6 Å². The number of nitrogens with zero attached hydrogens (tertiary/aromatic N) is 2. The summed E-state index contributed by atoms with van der Waals surface area (Å²) in [6.45, 7) is 1.57. The number of thiazole rings is 1. The number of imide groups is 1. The van der Waals surface area contributed by atoms with Gasteiger partial charge >= 0.3 is 12.2 Å². The second-order valence-corrected chi connectivity index (χ2v) is 4.98. The molecule has 1 aliphatic heterocycles. The van der Waals surface area contributed by atoms with Crippen LogP contribution in [-0.4, -0.2) is 34.4 Å². The van der Waals surface area contributed by atoms with Gasteiger partial charge in [0.1, 0.15) is 6.04 Å². The third kappa shape index (κ3) is 2.86. The van der Waals surface area contributed by atoms with E-state index in [1.807, 2.05) is 0 Å². The van der Waals surface area contributed by atoms with Crippen LogP contribution in [0.3, 0.4) is 0 Å². The Morgan fingerprint density at radius 3 is 2.63 bits per heavy atom. The van der Waals surface area contributed by atoms with Crippen molar-refractivity contribution in [2.75, 3.05) is 6.54 Å². The molecule has 1 aliphatic rings. The lowest BCUT2D eigenvalue weighted by atomic mass is 10.3. The zero-order valence-corrected chi connectivity index (χ0v) is 10.6. The van der Waals surface area contributed by atoms with Crippen molar-refractivity contribution in [3.05, 3.63) is 16.1 Å². The third-order valence-corrected chi connectivity index (χ3v) is 3.52. The van der Waals surface area contributed by atoms with Gasteiger partial charge in [-0.15, -0.1) is 11.3 Å². The number of aromatic nitrogens is 1. The zero-order valence-electron chi connectivity index (χ0n) is 9.82. The fraction of sp³-hybridized carbons (Fsp3) is 0.500. The van der Waals surface area contributed by atoms with Crippen LogP contribution in [0.5, 0.6) is 0 Å². The Morgan fingerprint density at radius 2 is 2.16 bits per heavy atom. The van der Waals surface area contributed by atoms with Crippen LogP contribution in [0.15, 0.2) is 5.38 Å². The fourth-order valence-corrected chi connectivity index (χ4v) is 2.43. The molecule has 3 amide bonds. The second-order valence-electron chi connectivity index (χ2n) is 4.04. The van der Waals surface area contributed by atoms with Crippen LogP contribution in [0.4, 0.5) is 18.0 Å². The molecule has 1 N–H and O–H groups in total. The molecule has 0 aliphatic carbocycles. The van der Waals surface area contributed by atoms with Crippen LogP contribution < -0.4 is 5.32 Å². The van der Waals surface area contributed by atoms with E-state index in [1.54, 1.807) is 6.92 Å². The van der Waals surface area contributed by atoms with Crippen molar-refractivity contribution in [2.45, 2.75) is 25.6 Å². The van der Waals surface area contributed by atoms with Gasteiger partial charge < -0.3 is 5.32 Å². The van der Waals surface area contributed by atoms with Gasteiger partial charge in [0.2, 0.25) is 0 Å². The maximum atomic E-state index is 12.3. The van der Waals surface area contributed by atoms with Crippen molar-refractivity contribution in [1.82, 2.24) is 15.2 Å². The predicted molar refractivity (Wildman–Crippen MR) is 60.5 cm³/mol. The number of amides is 3. The Bertz CT molecular complexity index is 514. The Hall–Kier alpha value is -1.64. The number of hydrogen-bond acceptors (Lipinski definition) is 4. The highest BCUT2D eigenvalue weighted by atomic mass is 32.1. The average molecular weight is 293 g/mol. The molecule has 0 aromatic carbocycles. The summed E-state index contributed by atoms with van der Waals surface area (Å²) < 4.78 is 37.0. The second kappa shape index (κ2) is 4.80. The zero-order chi connectivity index (χ0) is 14.2. The maximum Gasteiger partial charge on any atom is 0.434 e. The van der Waals surface area contributed by atoms with Crippen LogP contribution in [-0.2, 0) is 17.4 Å². The number of nitrogens with one attached hydrogen (secondary N) is 1. The average Bonchev–Trinajstić information content (AvgIpc) is 2.84. The van der Waals surface area contributed by atoms with Gasteiger partial charge in [0.05, 0.1) is 5.01 Å². The molecular weight excluding hydrogens is 283 g/mol. The van der Waals surface area contributed by atoms with E-state index in [2.05, 4.69) is 10.3 Å². The van der Waals surface area contributed by atoms with Crippen molar-refractivity contribution >= 4 is 23.3 Å². The molecule has 19 heavy (non-hydrogen) atoms. The minimum absolute atomic E-state index is 0.0276. The predicted octanol–water partition coefficient (Wildman–Crippen LogP) is 1.64. The van der Waals surface area contributed by atoms with Gasteiger partial charge in [-0.25, -0.2) is 9.78 Å². The van der Waals surface area contributed by atoms with Crippen molar-refractivity contribution in [3.8, 4) is 0 Å². The van der Waals surface area contributed by atoms with Gasteiger partial charge in [-0.2, -0.15) is 13.2 Å². The topological polar surface area (TPSA) is 62.3 Å². The molecule has 1 fully saturated rings. The lowest BCUT2D eigenvalue weighted by Gasteiger charge is -2.10. The molecule has 9 heteroatoms. The van der Waals surface area contributed by atoms with E-state index in [-0.39, 0.29) is 23.9 Å². The maximum absolute atomic E-state index is 12.3. The highest BCUT2D eigenvalue weighted by Gasteiger charge is 2.36. The molecule has 2 rings (SSSR count). The molecular formula is C10H10F3N3O2S. The molecule has 0 bridgehead atoms. The number of carbonyl (C=O) groups is 2. The van der Waals surface area contributed by atoms with Crippen LogP contribution in [0, 0.1) is 0 Å². The summed E-state index contributed by atoms with van der Waals surface area (Å²) in [6.07, 6.45) is -4.35. The molecule has 2 heterocycles. The molecule has 0 radical (unpaired) electrons. The van der Waals surface area contributed by atoms with Gasteiger partial charge in [0.25, 0.3) is 5.91 Å². The summed E-state index contributed by atoms with van der Waals surface area (Å²) >= 11 is 0.862. The third-order valence-electron chi connectivity index (χ3n) is 2.61. The highest BCUT2D eigenvalue weighted by molar-refractivity contribution is 7.09. The largest absolute Gasteiger partial charge is 0.434 e. The van der Waals surface area contributed by atoms with E-state index in [9.17, 15) is 22.8 Å². The Kier molecular flexibility index (Phi) is 3.48. The van der Waals surface area contributed by atoms with Gasteiger partial charge in [-0.3, -0.25) is 9.69 Å². The van der Waals surface area contributed by atoms with E-state index in [4.69, 9.17) is 0 Å². The first-order valence-corrected chi connectivity index (χ1v) is 6.30. The Morgan fingerprint density at radius 1 is 1.47 bits per heavy atom. The molecule has 1 atom stereocenters. The number of rotatable bonds is 3. The molecule has 0 spiro atoms. The van der Waals surface area contributed by atoms with Gasteiger partial charge in [0.15, 0.2) is 5.69 Å². The Labute approximate surface area is 110 Å². The first-order chi connectivity index (χ1) is 8.79. The standard InChI is InChI=1S/C10H10F3N3O2S/c1-5-8(17)16(9(18)14-5)3-2-7-15-6(4-19-7)10(11,12)13/h4-5H,2-3H2,1H3,(H,14,18)/t5-/m1/s1.